The fraction of sp³-hybridized carbons (Fsp3) is 0.250. The van der Waals surface area contributed by atoms with Gasteiger partial charge in [-0.15, -0.1) is 0 Å². The van der Waals surface area contributed by atoms with Crippen LogP contribution in [0.25, 0.3) is 10.9 Å². The van der Waals surface area contributed by atoms with E-state index < -0.39 is 0 Å². The molecule has 3 aromatic rings. The van der Waals surface area contributed by atoms with Crippen molar-refractivity contribution in [2.45, 2.75) is 26.4 Å². The average Bonchev–Trinajstić information content (AvgIpc) is 2.64. The van der Waals surface area contributed by atoms with Gasteiger partial charge in [-0.25, -0.2) is 4.98 Å². The molecule has 0 saturated carbocycles. The van der Waals surface area contributed by atoms with Crippen LogP contribution in [0.15, 0.2) is 53.6 Å². The largest absolute Gasteiger partial charge is 0.496 e. The fourth-order valence-corrected chi connectivity index (χ4v) is 2.93. The highest BCUT2D eigenvalue weighted by Gasteiger charge is 2.15. The minimum absolute atomic E-state index is 0.0882. The number of ether oxygens (including phenoxy) is 1. The molecule has 1 amide bonds. The van der Waals surface area contributed by atoms with Crippen LogP contribution in [0, 0.1) is 6.92 Å². The summed E-state index contributed by atoms with van der Waals surface area (Å²) in [6.07, 6.45) is 1.40. The SMILES string of the molecule is COc1ccc(C)cc1[C@@H](C)NC(=O)Cn1cnc2ccccc2c1=O. The van der Waals surface area contributed by atoms with E-state index in [2.05, 4.69) is 10.3 Å². The van der Waals surface area contributed by atoms with Gasteiger partial charge in [0.25, 0.3) is 5.56 Å². The molecule has 0 aliphatic heterocycles. The van der Waals surface area contributed by atoms with Crippen LogP contribution in [0.1, 0.15) is 24.1 Å². The smallest absolute Gasteiger partial charge is 0.261 e. The molecule has 0 spiro atoms. The standard InChI is InChI=1S/C20H21N3O3/c1-13-8-9-18(26-3)16(10-13)14(2)22-19(24)11-23-12-21-17-7-5-4-6-15(17)20(23)25/h4-10,12,14H,11H2,1-3H3,(H,22,24)/t14-/m1/s1. The highest BCUT2D eigenvalue weighted by atomic mass is 16.5. The van der Waals surface area contributed by atoms with Crippen molar-refractivity contribution in [1.82, 2.24) is 14.9 Å². The normalized spacial score (nSPS) is 12.0. The molecule has 1 atom stereocenters. The van der Waals surface area contributed by atoms with E-state index in [0.29, 0.717) is 16.7 Å². The van der Waals surface area contributed by atoms with Crippen molar-refractivity contribution in [3.8, 4) is 5.75 Å². The van der Waals surface area contributed by atoms with E-state index in [0.717, 1.165) is 11.1 Å². The van der Waals surface area contributed by atoms with Crippen molar-refractivity contribution in [1.29, 1.82) is 0 Å². The number of nitrogens with one attached hydrogen (secondary N) is 1. The first kappa shape index (κ1) is 17.7. The summed E-state index contributed by atoms with van der Waals surface area (Å²) >= 11 is 0. The Morgan fingerprint density at radius 2 is 2.04 bits per heavy atom. The zero-order valence-corrected chi connectivity index (χ0v) is 15.0. The van der Waals surface area contributed by atoms with Crippen LogP contribution in [0.5, 0.6) is 5.75 Å². The lowest BCUT2D eigenvalue weighted by Crippen LogP contribution is -2.34. The van der Waals surface area contributed by atoms with Crippen molar-refractivity contribution in [3.05, 3.63) is 70.3 Å². The molecule has 0 aliphatic rings. The molecule has 2 aromatic carbocycles. The van der Waals surface area contributed by atoms with E-state index in [4.69, 9.17) is 4.74 Å². The Bertz CT molecular complexity index is 1010. The number of hydrogen-bond donors (Lipinski definition) is 1. The van der Waals surface area contributed by atoms with E-state index in [1.807, 2.05) is 38.1 Å². The first-order valence-corrected chi connectivity index (χ1v) is 8.37. The second kappa shape index (κ2) is 7.39. The van der Waals surface area contributed by atoms with E-state index in [-0.39, 0.29) is 24.1 Å². The Morgan fingerprint density at radius 3 is 2.81 bits per heavy atom. The summed E-state index contributed by atoms with van der Waals surface area (Å²) in [6, 6.07) is 12.6. The Balaban J connectivity index is 1.78. The highest BCUT2D eigenvalue weighted by molar-refractivity contribution is 5.79. The van der Waals surface area contributed by atoms with E-state index in [1.165, 1.54) is 10.9 Å². The topological polar surface area (TPSA) is 73.2 Å². The summed E-state index contributed by atoms with van der Waals surface area (Å²) in [5.41, 5.74) is 2.36. The summed E-state index contributed by atoms with van der Waals surface area (Å²) in [5.74, 6) is 0.452. The van der Waals surface area contributed by atoms with E-state index >= 15 is 0 Å². The number of benzene rings is 2. The summed E-state index contributed by atoms with van der Waals surface area (Å²) in [5, 5.41) is 3.41. The summed E-state index contributed by atoms with van der Waals surface area (Å²) in [6.45, 7) is 3.78. The quantitative estimate of drug-likeness (QED) is 0.767. The fourth-order valence-electron chi connectivity index (χ4n) is 2.93. The molecular formula is C20H21N3O3. The predicted octanol–water partition coefficient (Wildman–Crippen LogP) is 2.59. The molecular weight excluding hydrogens is 330 g/mol. The van der Waals surface area contributed by atoms with Gasteiger partial charge in [0, 0.05) is 5.56 Å². The lowest BCUT2D eigenvalue weighted by atomic mass is 10.0. The van der Waals surface area contributed by atoms with Gasteiger partial charge in [-0.3, -0.25) is 14.2 Å². The number of carbonyl (C=O) groups is 1. The van der Waals surface area contributed by atoms with Gasteiger partial charge in [-0.2, -0.15) is 0 Å². The van der Waals surface area contributed by atoms with Crippen LogP contribution < -0.4 is 15.6 Å². The zero-order valence-electron chi connectivity index (χ0n) is 15.0. The number of nitrogens with zero attached hydrogens (tertiary/aromatic N) is 2. The monoisotopic (exact) mass is 351 g/mol. The zero-order chi connectivity index (χ0) is 18.7. The van der Waals surface area contributed by atoms with Crippen LogP contribution in [0.2, 0.25) is 0 Å². The van der Waals surface area contributed by atoms with Crippen LogP contribution >= 0.6 is 0 Å². The first-order chi connectivity index (χ1) is 12.5. The molecule has 6 heteroatoms. The maximum absolute atomic E-state index is 12.5. The van der Waals surface area contributed by atoms with Gasteiger partial charge in [-0.1, -0.05) is 29.8 Å². The van der Waals surface area contributed by atoms with Crippen LogP contribution in [-0.4, -0.2) is 22.6 Å². The minimum atomic E-state index is -0.264. The molecule has 0 fully saturated rings. The Morgan fingerprint density at radius 1 is 1.27 bits per heavy atom. The summed E-state index contributed by atoms with van der Waals surface area (Å²) < 4.78 is 6.69. The van der Waals surface area contributed by atoms with Gasteiger partial charge in [0.1, 0.15) is 12.3 Å². The second-order valence-electron chi connectivity index (χ2n) is 6.23. The number of para-hydroxylation sites is 1. The first-order valence-electron chi connectivity index (χ1n) is 8.37. The third-order valence-corrected chi connectivity index (χ3v) is 4.27. The molecule has 134 valence electrons. The molecule has 0 radical (unpaired) electrons. The second-order valence-corrected chi connectivity index (χ2v) is 6.23. The lowest BCUT2D eigenvalue weighted by molar-refractivity contribution is -0.122. The van der Waals surface area contributed by atoms with Gasteiger partial charge in [0.15, 0.2) is 0 Å². The Labute approximate surface area is 151 Å². The lowest BCUT2D eigenvalue weighted by Gasteiger charge is -2.18. The minimum Gasteiger partial charge on any atom is -0.496 e. The van der Waals surface area contributed by atoms with Crippen LogP contribution in [0.3, 0.4) is 0 Å². The Hall–Kier alpha value is -3.15. The number of fused-ring (bicyclic) bond motifs is 1. The van der Waals surface area contributed by atoms with Gasteiger partial charge in [0.05, 0.1) is 30.4 Å². The molecule has 0 saturated heterocycles. The van der Waals surface area contributed by atoms with Crippen LogP contribution in [-0.2, 0) is 11.3 Å². The van der Waals surface area contributed by atoms with E-state index in [9.17, 15) is 9.59 Å². The number of carbonyl (C=O) groups excluding carboxylic acids is 1. The van der Waals surface area contributed by atoms with Crippen molar-refractivity contribution in [3.63, 3.8) is 0 Å². The highest BCUT2D eigenvalue weighted by Crippen LogP contribution is 2.25. The van der Waals surface area contributed by atoms with Gasteiger partial charge < -0.3 is 10.1 Å². The van der Waals surface area contributed by atoms with Crippen molar-refractivity contribution in [2.24, 2.45) is 0 Å². The number of rotatable bonds is 5. The number of aryl methyl sites for hydroxylation is 1. The third-order valence-electron chi connectivity index (χ3n) is 4.27. The predicted molar refractivity (Wildman–Crippen MR) is 100 cm³/mol. The molecule has 0 aliphatic carbocycles. The number of aromatic nitrogens is 2. The van der Waals surface area contributed by atoms with Crippen molar-refractivity contribution in [2.75, 3.05) is 7.11 Å². The van der Waals surface area contributed by atoms with Gasteiger partial charge in [0.2, 0.25) is 5.91 Å². The van der Waals surface area contributed by atoms with Crippen molar-refractivity contribution >= 4 is 16.8 Å². The molecule has 0 unspecified atom stereocenters. The number of hydrogen-bond acceptors (Lipinski definition) is 4. The van der Waals surface area contributed by atoms with E-state index in [1.54, 1.807) is 25.3 Å². The summed E-state index contributed by atoms with van der Waals surface area (Å²) in [4.78, 5) is 29.2. The maximum Gasteiger partial charge on any atom is 0.261 e. The Kier molecular flexibility index (Phi) is 5.02. The molecule has 1 aromatic heterocycles. The third kappa shape index (κ3) is 3.59. The molecule has 3 rings (SSSR count). The van der Waals surface area contributed by atoms with Gasteiger partial charge >= 0.3 is 0 Å². The number of methoxy groups -OCH3 is 1. The molecule has 0 bridgehead atoms. The molecule has 26 heavy (non-hydrogen) atoms. The van der Waals surface area contributed by atoms with Gasteiger partial charge in [-0.05, 0) is 32.0 Å². The van der Waals surface area contributed by atoms with Crippen molar-refractivity contribution < 1.29 is 9.53 Å². The number of amides is 1. The maximum atomic E-state index is 12.5. The summed E-state index contributed by atoms with van der Waals surface area (Å²) in [7, 11) is 1.60. The molecule has 1 N–H and O–H groups in total. The average molecular weight is 351 g/mol. The van der Waals surface area contributed by atoms with Crippen LogP contribution in [0.4, 0.5) is 0 Å². The molecule has 6 nitrogen and oxygen atoms in total. The molecule has 1 heterocycles.